The minimum atomic E-state index is 0.524. The molecular weight excluding hydrogens is 276 g/mol. The van der Waals surface area contributed by atoms with Gasteiger partial charge in [-0.15, -0.1) is 0 Å². The van der Waals surface area contributed by atoms with Crippen LogP contribution in [0.15, 0.2) is 18.3 Å². The average Bonchev–Trinajstić information content (AvgIpc) is 2.94. The van der Waals surface area contributed by atoms with Gasteiger partial charge in [-0.05, 0) is 25.0 Å². The maximum atomic E-state index is 5.41. The van der Waals surface area contributed by atoms with E-state index in [1.165, 1.54) is 11.1 Å². The maximum absolute atomic E-state index is 5.41. The first-order valence-electron chi connectivity index (χ1n) is 8.45. The first-order chi connectivity index (χ1) is 10.8. The molecule has 3 rings (SSSR count). The number of morpholine rings is 1. The number of aromatic nitrogens is 3. The van der Waals surface area contributed by atoms with Crippen molar-refractivity contribution in [2.24, 2.45) is 0 Å². The van der Waals surface area contributed by atoms with Crippen LogP contribution in [-0.2, 0) is 11.3 Å². The van der Waals surface area contributed by atoms with Crippen LogP contribution >= 0.6 is 0 Å². The molecular formula is C17H26N4O. The molecule has 1 aliphatic heterocycles. The normalized spacial score (nSPS) is 16.7. The van der Waals surface area contributed by atoms with E-state index in [2.05, 4.69) is 34.5 Å². The lowest BCUT2D eigenvalue weighted by atomic mass is 9.97. The van der Waals surface area contributed by atoms with E-state index in [9.17, 15) is 0 Å². The van der Waals surface area contributed by atoms with Gasteiger partial charge in [-0.1, -0.05) is 13.8 Å². The van der Waals surface area contributed by atoms with Crippen molar-refractivity contribution in [3.05, 3.63) is 24.0 Å². The molecule has 0 atom stereocenters. The molecule has 1 fully saturated rings. The van der Waals surface area contributed by atoms with E-state index in [1.807, 2.05) is 12.3 Å². The van der Waals surface area contributed by atoms with Crippen LogP contribution in [0.2, 0.25) is 0 Å². The summed E-state index contributed by atoms with van der Waals surface area (Å²) in [5.74, 6) is 0.524. The van der Waals surface area contributed by atoms with Crippen LogP contribution in [0.3, 0.4) is 0 Å². The zero-order valence-corrected chi connectivity index (χ0v) is 13.7. The van der Waals surface area contributed by atoms with Gasteiger partial charge >= 0.3 is 0 Å². The second kappa shape index (κ2) is 7.20. The molecule has 1 aliphatic rings. The van der Waals surface area contributed by atoms with E-state index in [1.54, 1.807) is 0 Å². The molecule has 0 spiro atoms. The van der Waals surface area contributed by atoms with Crippen LogP contribution in [0, 0.1) is 0 Å². The van der Waals surface area contributed by atoms with Crippen molar-refractivity contribution in [1.29, 1.82) is 0 Å². The van der Waals surface area contributed by atoms with E-state index in [0.29, 0.717) is 5.92 Å². The molecule has 2 aromatic rings. The molecule has 5 heteroatoms. The van der Waals surface area contributed by atoms with Crippen molar-refractivity contribution < 1.29 is 4.74 Å². The van der Waals surface area contributed by atoms with E-state index in [4.69, 9.17) is 9.84 Å². The number of fused-ring (bicyclic) bond motifs is 1. The number of ether oxygens (including phenoxy) is 1. The minimum absolute atomic E-state index is 0.524. The number of hydrogen-bond donors (Lipinski definition) is 0. The van der Waals surface area contributed by atoms with E-state index < -0.39 is 0 Å². The Labute approximate surface area is 132 Å². The van der Waals surface area contributed by atoms with Gasteiger partial charge in [0.15, 0.2) is 5.65 Å². The number of rotatable bonds is 6. The van der Waals surface area contributed by atoms with E-state index in [0.717, 1.165) is 57.9 Å². The molecule has 120 valence electrons. The van der Waals surface area contributed by atoms with Gasteiger partial charge in [0.1, 0.15) is 0 Å². The van der Waals surface area contributed by atoms with E-state index in [-0.39, 0.29) is 0 Å². The van der Waals surface area contributed by atoms with Crippen LogP contribution in [0.5, 0.6) is 0 Å². The molecule has 1 saturated heterocycles. The predicted octanol–water partition coefficient (Wildman–Crippen LogP) is 2.67. The second-order valence-corrected chi connectivity index (χ2v) is 5.95. The highest BCUT2D eigenvalue weighted by molar-refractivity contribution is 5.78. The third-order valence-electron chi connectivity index (χ3n) is 4.64. The minimum Gasteiger partial charge on any atom is -0.379 e. The largest absolute Gasteiger partial charge is 0.379 e. The van der Waals surface area contributed by atoms with Gasteiger partial charge in [0.05, 0.1) is 25.5 Å². The predicted molar refractivity (Wildman–Crippen MR) is 88.1 cm³/mol. The Bertz CT molecular complexity index is 600. The van der Waals surface area contributed by atoms with Gasteiger partial charge in [-0.2, -0.15) is 5.10 Å². The fraction of sp³-hybridized carbons (Fsp3) is 0.647. The molecule has 0 aromatic carbocycles. The summed E-state index contributed by atoms with van der Waals surface area (Å²) < 4.78 is 7.51. The molecule has 0 aliphatic carbocycles. The molecule has 5 nitrogen and oxygen atoms in total. The van der Waals surface area contributed by atoms with Crippen molar-refractivity contribution in [2.75, 3.05) is 32.8 Å². The van der Waals surface area contributed by atoms with Gasteiger partial charge < -0.3 is 4.74 Å². The van der Waals surface area contributed by atoms with Gasteiger partial charge in [-0.25, -0.2) is 9.67 Å². The molecule has 3 heterocycles. The van der Waals surface area contributed by atoms with E-state index >= 15 is 0 Å². The molecule has 0 saturated carbocycles. The van der Waals surface area contributed by atoms with Gasteiger partial charge in [0.25, 0.3) is 0 Å². The monoisotopic (exact) mass is 302 g/mol. The maximum Gasteiger partial charge on any atom is 0.158 e. The smallest absolute Gasteiger partial charge is 0.158 e. The molecule has 0 radical (unpaired) electrons. The molecule has 0 bridgehead atoms. The highest BCUT2D eigenvalue weighted by Gasteiger charge is 2.18. The van der Waals surface area contributed by atoms with Crippen LogP contribution in [0.4, 0.5) is 0 Å². The van der Waals surface area contributed by atoms with Crippen molar-refractivity contribution in [1.82, 2.24) is 19.7 Å². The molecule has 2 aromatic heterocycles. The highest BCUT2D eigenvalue weighted by Crippen LogP contribution is 2.28. The quantitative estimate of drug-likeness (QED) is 0.823. The first kappa shape index (κ1) is 15.4. The summed E-state index contributed by atoms with van der Waals surface area (Å²) in [6.45, 7) is 10.1. The standard InChI is InChI=1S/C17H26N4O/c1-3-14(4-2)16-15-6-5-7-18-17(15)21(19-16)9-8-20-10-12-22-13-11-20/h5-7,14H,3-4,8-13H2,1-2H3. The summed E-state index contributed by atoms with van der Waals surface area (Å²) in [7, 11) is 0. The Balaban J connectivity index is 1.82. The molecule has 0 N–H and O–H groups in total. The van der Waals surface area contributed by atoms with Crippen LogP contribution in [-0.4, -0.2) is 52.5 Å². The van der Waals surface area contributed by atoms with Gasteiger partial charge in [0, 0.05) is 37.1 Å². The second-order valence-electron chi connectivity index (χ2n) is 5.95. The summed E-state index contributed by atoms with van der Waals surface area (Å²) in [6.07, 6.45) is 4.12. The first-order valence-corrected chi connectivity index (χ1v) is 8.45. The summed E-state index contributed by atoms with van der Waals surface area (Å²) in [4.78, 5) is 7.02. The SMILES string of the molecule is CCC(CC)c1nn(CCN2CCOCC2)c2ncccc12. The van der Waals surface area contributed by atoms with Gasteiger partial charge in [0.2, 0.25) is 0 Å². The lowest BCUT2D eigenvalue weighted by Crippen LogP contribution is -2.38. The van der Waals surface area contributed by atoms with Crippen molar-refractivity contribution in [2.45, 2.75) is 39.2 Å². The number of pyridine rings is 1. The summed E-state index contributed by atoms with van der Waals surface area (Å²) >= 11 is 0. The van der Waals surface area contributed by atoms with Crippen LogP contribution in [0.1, 0.15) is 38.3 Å². The lowest BCUT2D eigenvalue weighted by Gasteiger charge is -2.26. The Hall–Kier alpha value is -1.46. The highest BCUT2D eigenvalue weighted by atomic mass is 16.5. The molecule has 0 amide bonds. The summed E-state index contributed by atoms with van der Waals surface area (Å²) in [5, 5.41) is 6.13. The Kier molecular flexibility index (Phi) is 5.05. The summed E-state index contributed by atoms with van der Waals surface area (Å²) in [6, 6.07) is 4.18. The fourth-order valence-corrected chi connectivity index (χ4v) is 3.23. The Morgan fingerprint density at radius 3 is 2.68 bits per heavy atom. The van der Waals surface area contributed by atoms with Crippen molar-refractivity contribution in [3.63, 3.8) is 0 Å². The zero-order chi connectivity index (χ0) is 15.4. The molecule has 0 unspecified atom stereocenters. The number of nitrogens with zero attached hydrogens (tertiary/aromatic N) is 4. The zero-order valence-electron chi connectivity index (χ0n) is 13.7. The third-order valence-corrected chi connectivity index (χ3v) is 4.64. The lowest BCUT2D eigenvalue weighted by molar-refractivity contribution is 0.0361. The topological polar surface area (TPSA) is 43.2 Å². The van der Waals surface area contributed by atoms with Crippen LogP contribution in [0.25, 0.3) is 11.0 Å². The summed E-state index contributed by atoms with van der Waals surface area (Å²) in [5.41, 5.74) is 2.24. The molecule has 22 heavy (non-hydrogen) atoms. The average molecular weight is 302 g/mol. The fourth-order valence-electron chi connectivity index (χ4n) is 3.23. The Morgan fingerprint density at radius 2 is 1.95 bits per heavy atom. The van der Waals surface area contributed by atoms with Gasteiger partial charge in [-0.3, -0.25) is 4.90 Å². The van der Waals surface area contributed by atoms with Crippen molar-refractivity contribution in [3.8, 4) is 0 Å². The van der Waals surface area contributed by atoms with Crippen molar-refractivity contribution >= 4 is 11.0 Å². The van der Waals surface area contributed by atoms with Crippen LogP contribution < -0.4 is 0 Å². The Morgan fingerprint density at radius 1 is 1.18 bits per heavy atom. The third kappa shape index (κ3) is 3.15. The number of hydrogen-bond acceptors (Lipinski definition) is 4.